The van der Waals surface area contributed by atoms with Gasteiger partial charge in [-0.3, -0.25) is 9.59 Å². The minimum absolute atomic E-state index is 0.0495. The summed E-state index contributed by atoms with van der Waals surface area (Å²) in [6.07, 6.45) is 0. The molecule has 7 heteroatoms. The SMILES string of the molecule is COc1ccc(C(O)=C2C(=O)C(=O)N(CCN(C)C)C2c2ccccc2)c(OC)c1. The number of aliphatic hydroxyl groups is 1. The van der Waals surface area contributed by atoms with E-state index in [4.69, 9.17) is 9.47 Å². The Kier molecular flexibility index (Phi) is 6.42. The maximum absolute atomic E-state index is 13.0. The van der Waals surface area contributed by atoms with Gasteiger partial charge in [-0.25, -0.2) is 0 Å². The fourth-order valence-corrected chi connectivity index (χ4v) is 3.54. The number of likely N-dealkylation sites (N-methyl/N-ethyl adjacent to an activating group) is 1. The van der Waals surface area contributed by atoms with E-state index in [0.29, 0.717) is 30.2 Å². The number of rotatable bonds is 7. The maximum atomic E-state index is 13.0. The van der Waals surface area contributed by atoms with Crippen LogP contribution in [0.2, 0.25) is 0 Å². The Balaban J connectivity index is 2.17. The van der Waals surface area contributed by atoms with Crippen LogP contribution < -0.4 is 9.47 Å². The zero-order valence-electron chi connectivity index (χ0n) is 17.6. The van der Waals surface area contributed by atoms with Crippen LogP contribution in [0.1, 0.15) is 17.2 Å². The van der Waals surface area contributed by atoms with E-state index in [1.54, 1.807) is 18.2 Å². The van der Waals surface area contributed by atoms with Crippen LogP contribution in [0.3, 0.4) is 0 Å². The summed E-state index contributed by atoms with van der Waals surface area (Å²) in [5.41, 5.74) is 1.13. The Morgan fingerprint density at radius 1 is 1.07 bits per heavy atom. The topological polar surface area (TPSA) is 79.3 Å². The Labute approximate surface area is 176 Å². The lowest BCUT2D eigenvalue weighted by Gasteiger charge is -2.26. The molecule has 2 aromatic rings. The summed E-state index contributed by atoms with van der Waals surface area (Å²) < 4.78 is 10.6. The van der Waals surface area contributed by atoms with Crippen molar-refractivity contribution in [3.8, 4) is 11.5 Å². The van der Waals surface area contributed by atoms with Crippen molar-refractivity contribution in [3.63, 3.8) is 0 Å². The van der Waals surface area contributed by atoms with Gasteiger partial charge in [0, 0.05) is 19.2 Å². The van der Waals surface area contributed by atoms with Crippen molar-refractivity contribution in [2.24, 2.45) is 0 Å². The molecule has 1 aliphatic heterocycles. The number of carbonyl (C=O) groups excluding carboxylic acids is 2. The van der Waals surface area contributed by atoms with Gasteiger partial charge in [0.15, 0.2) is 0 Å². The molecule has 0 saturated carbocycles. The predicted molar refractivity (Wildman–Crippen MR) is 114 cm³/mol. The molecule has 0 radical (unpaired) electrons. The fourth-order valence-electron chi connectivity index (χ4n) is 3.54. The molecule has 30 heavy (non-hydrogen) atoms. The summed E-state index contributed by atoms with van der Waals surface area (Å²) in [5.74, 6) is -0.709. The minimum Gasteiger partial charge on any atom is -0.507 e. The number of aliphatic hydroxyl groups excluding tert-OH is 1. The van der Waals surface area contributed by atoms with E-state index in [2.05, 4.69) is 0 Å². The van der Waals surface area contributed by atoms with Crippen molar-refractivity contribution in [2.75, 3.05) is 41.4 Å². The van der Waals surface area contributed by atoms with Gasteiger partial charge in [0.1, 0.15) is 17.3 Å². The second-order valence-electron chi connectivity index (χ2n) is 7.27. The highest BCUT2D eigenvalue weighted by molar-refractivity contribution is 6.46. The number of benzene rings is 2. The van der Waals surface area contributed by atoms with E-state index < -0.39 is 17.7 Å². The molecule has 1 saturated heterocycles. The second-order valence-corrected chi connectivity index (χ2v) is 7.27. The first-order chi connectivity index (χ1) is 14.4. The first kappa shape index (κ1) is 21.4. The van der Waals surface area contributed by atoms with E-state index in [1.165, 1.54) is 19.1 Å². The molecular formula is C23H26N2O5. The smallest absolute Gasteiger partial charge is 0.295 e. The first-order valence-corrected chi connectivity index (χ1v) is 9.59. The molecule has 0 aromatic heterocycles. The standard InChI is InChI=1S/C23H26N2O5/c1-24(2)12-13-25-20(15-8-6-5-7-9-15)19(22(27)23(25)28)21(26)17-11-10-16(29-3)14-18(17)30-4/h5-11,14,20,26H,12-13H2,1-4H3. The lowest BCUT2D eigenvalue weighted by Crippen LogP contribution is -2.35. The van der Waals surface area contributed by atoms with Crippen LogP contribution in [-0.2, 0) is 9.59 Å². The number of likely N-dealkylation sites (tertiary alicyclic amines) is 1. The van der Waals surface area contributed by atoms with Crippen molar-refractivity contribution in [1.29, 1.82) is 0 Å². The third kappa shape index (κ3) is 4.02. The van der Waals surface area contributed by atoms with Gasteiger partial charge >= 0.3 is 0 Å². The van der Waals surface area contributed by atoms with E-state index in [9.17, 15) is 14.7 Å². The van der Waals surface area contributed by atoms with E-state index in [-0.39, 0.29) is 11.3 Å². The second kappa shape index (κ2) is 9.00. The van der Waals surface area contributed by atoms with Crippen LogP contribution in [0.25, 0.3) is 5.76 Å². The average molecular weight is 410 g/mol. The normalized spacial score (nSPS) is 18.2. The summed E-state index contributed by atoms with van der Waals surface area (Å²) in [7, 11) is 6.79. The predicted octanol–water partition coefficient (Wildman–Crippen LogP) is 2.69. The third-order valence-corrected chi connectivity index (χ3v) is 5.11. The molecule has 1 unspecified atom stereocenters. The first-order valence-electron chi connectivity index (χ1n) is 9.59. The van der Waals surface area contributed by atoms with Crippen molar-refractivity contribution < 1.29 is 24.2 Å². The zero-order valence-corrected chi connectivity index (χ0v) is 17.6. The number of amides is 1. The summed E-state index contributed by atoms with van der Waals surface area (Å²) in [6, 6.07) is 13.5. The van der Waals surface area contributed by atoms with Crippen LogP contribution >= 0.6 is 0 Å². The Morgan fingerprint density at radius 3 is 2.37 bits per heavy atom. The molecule has 0 aliphatic carbocycles. The van der Waals surface area contributed by atoms with E-state index >= 15 is 0 Å². The average Bonchev–Trinajstić information content (AvgIpc) is 3.02. The molecule has 1 aliphatic rings. The van der Waals surface area contributed by atoms with Gasteiger partial charge in [0.25, 0.3) is 11.7 Å². The van der Waals surface area contributed by atoms with E-state index in [1.807, 2.05) is 49.3 Å². The molecule has 0 spiro atoms. The fraction of sp³-hybridized carbons (Fsp3) is 0.304. The molecule has 3 rings (SSSR count). The third-order valence-electron chi connectivity index (χ3n) is 5.11. The Bertz CT molecular complexity index is 969. The summed E-state index contributed by atoms with van der Waals surface area (Å²) in [4.78, 5) is 29.3. The number of hydrogen-bond donors (Lipinski definition) is 1. The number of hydrogen-bond acceptors (Lipinski definition) is 6. The highest BCUT2D eigenvalue weighted by Gasteiger charge is 2.46. The molecular weight excluding hydrogens is 384 g/mol. The molecule has 1 amide bonds. The van der Waals surface area contributed by atoms with Crippen molar-refractivity contribution in [3.05, 3.63) is 65.2 Å². The van der Waals surface area contributed by atoms with Gasteiger partial charge in [0.2, 0.25) is 0 Å². The lowest BCUT2D eigenvalue weighted by molar-refractivity contribution is -0.140. The molecule has 1 atom stereocenters. The monoisotopic (exact) mass is 410 g/mol. The molecule has 0 bridgehead atoms. The van der Waals surface area contributed by atoms with Crippen molar-refractivity contribution >= 4 is 17.4 Å². The van der Waals surface area contributed by atoms with Gasteiger partial charge < -0.3 is 24.4 Å². The molecule has 7 nitrogen and oxygen atoms in total. The number of carbonyl (C=O) groups is 2. The van der Waals surface area contributed by atoms with Crippen LogP contribution in [0.5, 0.6) is 11.5 Å². The lowest BCUT2D eigenvalue weighted by atomic mass is 9.95. The quantitative estimate of drug-likeness (QED) is 0.430. The highest BCUT2D eigenvalue weighted by atomic mass is 16.5. The van der Waals surface area contributed by atoms with Crippen LogP contribution in [0.15, 0.2) is 54.1 Å². The van der Waals surface area contributed by atoms with Crippen LogP contribution in [-0.4, -0.2) is 68.0 Å². The van der Waals surface area contributed by atoms with Crippen molar-refractivity contribution in [1.82, 2.24) is 9.80 Å². The van der Waals surface area contributed by atoms with Gasteiger partial charge in [-0.2, -0.15) is 0 Å². The van der Waals surface area contributed by atoms with Gasteiger partial charge in [-0.1, -0.05) is 30.3 Å². The molecule has 2 aromatic carbocycles. The van der Waals surface area contributed by atoms with Gasteiger partial charge in [-0.05, 0) is 31.8 Å². The summed E-state index contributed by atoms with van der Waals surface area (Å²) >= 11 is 0. The Hall–Kier alpha value is -3.32. The Morgan fingerprint density at radius 2 is 1.77 bits per heavy atom. The maximum Gasteiger partial charge on any atom is 0.295 e. The highest BCUT2D eigenvalue weighted by Crippen LogP contribution is 2.41. The molecule has 1 heterocycles. The number of ketones is 1. The number of nitrogens with zero attached hydrogens (tertiary/aromatic N) is 2. The summed E-state index contributed by atoms with van der Waals surface area (Å²) in [5, 5.41) is 11.2. The number of methoxy groups -OCH3 is 2. The minimum atomic E-state index is -0.710. The largest absolute Gasteiger partial charge is 0.507 e. The van der Waals surface area contributed by atoms with Crippen LogP contribution in [0.4, 0.5) is 0 Å². The molecule has 1 fully saturated rings. The molecule has 1 N–H and O–H groups in total. The molecule has 158 valence electrons. The van der Waals surface area contributed by atoms with E-state index in [0.717, 1.165) is 5.56 Å². The van der Waals surface area contributed by atoms with Gasteiger partial charge in [-0.15, -0.1) is 0 Å². The summed E-state index contributed by atoms with van der Waals surface area (Å²) in [6.45, 7) is 0.940. The van der Waals surface area contributed by atoms with Crippen LogP contribution in [0, 0.1) is 0 Å². The zero-order chi connectivity index (χ0) is 21.8. The number of ether oxygens (including phenoxy) is 2. The number of Topliss-reactive ketones (excluding diaryl/α,β-unsaturated/α-hetero) is 1. The van der Waals surface area contributed by atoms with Gasteiger partial charge in [0.05, 0.1) is 31.4 Å². The van der Waals surface area contributed by atoms with Crippen molar-refractivity contribution in [2.45, 2.75) is 6.04 Å².